The lowest BCUT2D eigenvalue weighted by molar-refractivity contribution is -0.384. The van der Waals surface area contributed by atoms with Gasteiger partial charge in [0.15, 0.2) is 0 Å². The van der Waals surface area contributed by atoms with Crippen molar-refractivity contribution in [3.05, 3.63) is 33.9 Å². The number of carbonyl (C=O) groups excluding carboxylic acids is 1. The summed E-state index contributed by atoms with van der Waals surface area (Å²) in [5, 5.41) is 10.8. The molecule has 1 amide bonds. The Balaban J connectivity index is 1.89. The fraction of sp³-hybridized carbons (Fsp3) is 0.462. The van der Waals surface area contributed by atoms with Crippen LogP contribution in [0.4, 0.5) is 11.4 Å². The first-order valence-electron chi connectivity index (χ1n) is 6.34. The van der Waals surface area contributed by atoms with Crippen molar-refractivity contribution in [3.8, 4) is 0 Å². The molecule has 1 aliphatic carbocycles. The summed E-state index contributed by atoms with van der Waals surface area (Å²) in [6.45, 7) is 0.469. The van der Waals surface area contributed by atoms with Crippen LogP contribution in [-0.4, -0.2) is 21.7 Å². The van der Waals surface area contributed by atoms with Crippen molar-refractivity contribution in [1.29, 1.82) is 0 Å². The summed E-state index contributed by atoms with van der Waals surface area (Å²) in [7, 11) is 0. The van der Waals surface area contributed by atoms with Crippen molar-refractivity contribution in [2.75, 3.05) is 11.4 Å². The fourth-order valence-corrected chi connectivity index (χ4v) is 3.06. The molecule has 7 heteroatoms. The van der Waals surface area contributed by atoms with Gasteiger partial charge in [-0.1, -0.05) is 0 Å². The first-order chi connectivity index (χ1) is 9.38. The molecule has 106 valence electrons. The van der Waals surface area contributed by atoms with Crippen molar-refractivity contribution < 1.29 is 9.72 Å². The van der Waals surface area contributed by atoms with Crippen LogP contribution in [0, 0.1) is 16.0 Å². The largest absolute Gasteiger partial charge is 0.312 e. The molecule has 1 fully saturated rings. The Morgan fingerprint density at radius 2 is 2.10 bits per heavy atom. The van der Waals surface area contributed by atoms with Gasteiger partial charge in [-0.25, -0.2) is 0 Å². The molecule has 1 unspecified atom stereocenters. The fourth-order valence-electron chi connectivity index (χ4n) is 2.55. The highest BCUT2D eigenvalue weighted by Gasteiger charge is 2.52. The highest BCUT2D eigenvalue weighted by molar-refractivity contribution is 6.50. The quantitative estimate of drug-likeness (QED) is 0.489. The van der Waals surface area contributed by atoms with E-state index in [9.17, 15) is 14.9 Å². The van der Waals surface area contributed by atoms with Crippen LogP contribution in [0.15, 0.2) is 18.2 Å². The minimum absolute atomic E-state index is 0.0161. The third kappa shape index (κ3) is 2.36. The van der Waals surface area contributed by atoms with E-state index in [2.05, 4.69) is 0 Å². The second-order valence-corrected chi connectivity index (χ2v) is 6.78. The van der Waals surface area contributed by atoms with Crippen LogP contribution in [-0.2, 0) is 11.2 Å². The molecule has 1 aliphatic heterocycles. The lowest BCUT2D eigenvalue weighted by Crippen LogP contribution is -2.37. The number of nitrogens with zero attached hydrogens (tertiary/aromatic N) is 2. The molecule has 3 rings (SSSR count). The molecule has 0 aromatic heterocycles. The SMILES string of the molecule is O=C1CCc2cc([N+](=O)[O-])ccc2N1CC1CC1(Cl)Cl. The number of carbonyl (C=O) groups is 1. The number of halogens is 2. The molecule has 1 atom stereocenters. The van der Waals surface area contributed by atoms with Gasteiger partial charge in [0.2, 0.25) is 5.91 Å². The maximum atomic E-state index is 12.1. The van der Waals surface area contributed by atoms with E-state index >= 15 is 0 Å². The number of nitro groups is 1. The van der Waals surface area contributed by atoms with Crippen molar-refractivity contribution in [3.63, 3.8) is 0 Å². The highest BCUT2D eigenvalue weighted by atomic mass is 35.5. The minimum atomic E-state index is -0.737. The van der Waals surface area contributed by atoms with E-state index in [1.165, 1.54) is 12.1 Å². The molecule has 0 radical (unpaired) electrons. The number of amides is 1. The van der Waals surface area contributed by atoms with Crippen molar-refractivity contribution in [2.24, 2.45) is 5.92 Å². The maximum absolute atomic E-state index is 12.1. The van der Waals surface area contributed by atoms with Crippen LogP contribution in [0.2, 0.25) is 0 Å². The van der Waals surface area contributed by atoms with Gasteiger partial charge in [0.1, 0.15) is 4.33 Å². The molecule has 1 saturated carbocycles. The van der Waals surface area contributed by atoms with Crippen LogP contribution in [0.25, 0.3) is 0 Å². The molecule has 1 aromatic carbocycles. The van der Waals surface area contributed by atoms with Crippen LogP contribution >= 0.6 is 23.2 Å². The van der Waals surface area contributed by atoms with Crippen LogP contribution in [0.1, 0.15) is 18.4 Å². The monoisotopic (exact) mass is 314 g/mol. The van der Waals surface area contributed by atoms with Crippen molar-refractivity contribution in [1.82, 2.24) is 0 Å². The zero-order valence-electron chi connectivity index (χ0n) is 10.5. The molecular formula is C13H12Cl2N2O3. The van der Waals surface area contributed by atoms with Gasteiger partial charge < -0.3 is 4.90 Å². The Kier molecular flexibility index (Phi) is 3.14. The zero-order valence-corrected chi connectivity index (χ0v) is 12.0. The normalized spacial score (nSPS) is 23.4. The summed E-state index contributed by atoms with van der Waals surface area (Å²) < 4.78 is -0.737. The lowest BCUT2D eigenvalue weighted by atomic mass is 10.00. The van der Waals surface area contributed by atoms with E-state index in [0.717, 1.165) is 11.3 Å². The summed E-state index contributed by atoms with van der Waals surface area (Å²) in [5.41, 5.74) is 1.62. The summed E-state index contributed by atoms with van der Waals surface area (Å²) in [5.74, 6) is 0.0818. The van der Waals surface area contributed by atoms with Gasteiger partial charge in [-0.05, 0) is 24.5 Å². The number of benzene rings is 1. The first-order valence-corrected chi connectivity index (χ1v) is 7.09. The average Bonchev–Trinajstić information content (AvgIpc) is 2.99. The summed E-state index contributed by atoms with van der Waals surface area (Å²) in [6.07, 6.45) is 1.56. The Labute approximate surface area is 125 Å². The Morgan fingerprint density at radius 1 is 1.40 bits per heavy atom. The first kappa shape index (κ1) is 13.6. The van der Waals surface area contributed by atoms with Gasteiger partial charge in [0.25, 0.3) is 5.69 Å². The summed E-state index contributed by atoms with van der Waals surface area (Å²) in [6, 6.07) is 4.60. The molecule has 1 heterocycles. The van der Waals surface area contributed by atoms with E-state index in [-0.39, 0.29) is 17.5 Å². The number of anilines is 1. The standard InChI is InChI=1S/C13H12Cl2N2O3/c14-13(15)6-9(13)7-16-11-3-2-10(17(19)20)5-8(11)1-4-12(16)18/h2-3,5,9H,1,4,6-7H2. The smallest absolute Gasteiger partial charge is 0.269 e. The van der Waals surface area contributed by atoms with Gasteiger partial charge in [-0.3, -0.25) is 14.9 Å². The van der Waals surface area contributed by atoms with E-state index in [1.54, 1.807) is 11.0 Å². The van der Waals surface area contributed by atoms with Crippen molar-refractivity contribution >= 4 is 40.5 Å². The Hall–Kier alpha value is -1.33. The van der Waals surface area contributed by atoms with Crippen LogP contribution in [0.3, 0.4) is 0 Å². The molecule has 2 aliphatic rings. The minimum Gasteiger partial charge on any atom is -0.312 e. The average molecular weight is 315 g/mol. The molecule has 0 saturated heterocycles. The lowest BCUT2D eigenvalue weighted by Gasteiger charge is -2.29. The number of nitro benzene ring substituents is 1. The van der Waals surface area contributed by atoms with Crippen LogP contribution < -0.4 is 4.90 Å². The molecule has 5 nitrogen and oxygen atoms in total. The van der Waals surface area contributed by atoms with E-state index < -0.39 is 9.26 Å². The molecule has 0 N–H and O–H groups in total. The third-order valence-corrected chi connectivity index (χ3v) is 4.76. The van der Waals surface area contributed by atoms with Gasteiger partial charge >= 0.3 is 0 Å². The summed E-state index contributed by atoms with van der Waals surface area (Å²) >= 11 is 12.0. The van der Waals surface area contributed by atoms with Gasteiger partial charge in [-0.15, -0.1) is 23.2 Å². The number of rotatable bonds is 3. The summed E-state index contributed by atoms with van der Waals surface area (Å²) in [4.78, 5) is 24.1. The predicted molar refractivity (Wildman–Crippen MR) is 76.3 cm³/mol. The molecule has 0 bridgehead atoms. The second-order valence-electron chi connectivity index (χ2n) is 5.24. The number of fused-ring (bicyclic) bond motifs is 1. The number of alkyl halides is 2. The van der Waals surface area contributed by atoms with Gasteiger partial charge in [0.05, 0.1) is 4.92 Å². The van der Waals surface area contributed by atoms with Crippen molar-refractivity contribution in [2.45, 2.75) is 23.6 Å². The third-order valence-electron chi connectivity index (χ3n) is 3.83. The number of hydrogen-bond acceptors (Lipinski definition) is 3. The molecular weight excluding hydrogens is 303 g/mol. The molecule has 0 spiro atoms. The van der Waals surface area contributed by atoms with Gasteiger partial charge in [0, 0.05) is 36.7 Å². The predicted octanol–water partition coefficient (Wildman–Crippen LogP) is 3.07. The van der Waals surface area contributed by atoms with E-state index in [0.29, 0.717) is 25.8 Å². The number of non-ortho nitro benzene ring substituents is 1. The van der Waals surface area contributed by atoms with E-state index in [4.69, 9.17) is 23.2 Å². The van der Waals surface area contributed by atoms with Crippen LogP contribution in [0.5, 0.6) is 0 Å². The zero-order chi connectivity index (χ0) is 14.5. The Bertz CT molecular complexity index is 603. The topological polar surface area (TPSA) is 63.4 Å². The maximum Gasteiger partial charge on any atom is 0.269 e. The van der Waals surface area contributed by atoms with Gasteiger partial charge in [-0.2, -0.15) is 0 Å². The number of aryl methyl sites for hydroxylation is 1. The second kappa shape index (κ2) is 4.60. The molecule has 20 heavy (non-hydrogen) atoms. The Morgan fingerprint density at radius 3 is 2.70 bits per heavy atom. The van der Waals surface area contributed by atoms with E-state index in [1.807, 2.05) is 0 Å². The highest BCUT2D eigenvalue weighted by Crippen LogP contribution is 2.54. The number of hydrogen-bond donors (Lipinski definition) is 0. The molecule has 1 aromatic rings.